The van der Waals surface area contributed by atoms with E-state index in [1.165, 1.54) is 6.92 Å². The molecule has 0 aliphatic carbocycles. The number of carbonyl (C=O) groups is 1. The van der Waals surface area contributed by atoms with Crippen molar-refractivity contribution in [3.05, 3.63) is 46.2 Å². The molecule has 1 amide bonds. The van der Waals surface area contributed by atoms with E-state index in [4.69, 9.17) is 5.73 Å². The predicted octanol–water partition coefficient (Wildman–Crippen LogP) is 0.923. The number of nitrogens with two attached hydrogens (primary N) is 1. The molecule has 1 aromatic carbocycles. The van der Waals surface area contributed by atoms with Crippen molar-refractivity contribution < 1.29 is 4.79 Å². The number of rotatable bonds is 4. The fourth-order valence-corrected chi connectivity index (χ4v) is 1.69. The summed E-state index contributed by atoms with van der Waals surface area (Å²) in [4.78, 5) is 29.2. The molecule has 7 nitrogen and oxygen atoms in total. The fourth-order valence-electron chi connectivity index (χ4n) is 1.69. The minimum absolute atomic E-state index is 0.0142. The highest BCUT2D eigenvalue weighted by atomic mass is 16.2. The van der Waals surface area contributed by atoms with Gasteiger partial charge >= 0.3 is 0 Å². The number of amides is 1. The summed E-state index contributed by atoms with van der Waals surface area (Å²) < 4.78 is 0. The van der Waals surface area contributed by atoms with Gasteiger partial charge in [0.15, 0.2) is 5.82 Å². The van der Waals surface area contributed by atoms with Crippen LogP contribution in [0, 0.1) is 0 Å². The summed E-state index contributed by atoms with van der Waals surface area (Å²) in [5.41, 5.74) is 6.09. The summed E-state index contributed by atoms with van der Waals surface area (Å²) in [6.07, 6.45) is 0. The zero-order valence-electron chi connectivity index (χ0n) is 10.9. The van der Waals surface area contributed by atoms with Crippen LogP contribution in [-0.4, -0.2) is 15.9 Å². The van der Waals surface area contributed by atoms with Crippen LogP contribution in [0.15, 0.2) is 35.1 Å². The molecule has 0 saturated heterocycles. The molecular formula is C13H15N5O2. The second-order valence-corrected chi connectivity index (χ2v) is 4.20. The van der Waals surface area contributed by atoms with E-state index in [9.17, 15) is 9.59 Å². The van der Waals surface area contributed by atoms with Crippen molar-refractivity contribution >= 4 is 23.4 Å². The second-order valence-electron chi connectivity index (χ2n) is 4.20. The van der Waals surface area contributed by atoms with Crippen LogP contribution in [0.1, 0.15) is 12.5 Å². The van der Waals surface area contributed by atoms with E-state index in [1.807, 2.05) is 30.3 Å². The molecule has 1 heterocycles. The molecule has 0 aliphatic heterocycles. The third-order valence-electron chi connectivity index (χ3n) is 2.54. The number of nitrogens with one attached hydrogen (secondary N) is 3. The summed E-state index contributed by atoms with van der Waals surface area (Å²) in [5.74, 6) is -0.130. The van der Waals surface area contributed by atoms with E-state index in [0.717, 1.165) is 5.56 Å². The lowest BCUT2D eigenvalue weighted by Crippen LogP contribution is -2.22. The number of hydrogen-bond acceptors (Lipinski definition) is 5. The van der Waals surface area contributed by atoms with Gasteiger partial charge in [0.2, 0.25) is 11.9 Å². The molecule has 2 rings (SSSR count). The SMILES string of the molecule is CC(=O)Nc1c(NCc2ccccc2)nc(N)[nH]c1=O. The highest BCUT2D eigenvalue weighted by molar-refractivity contribution is 5.91. The van der Waals surface area contributed by atoms with Crippen molar-refractivity contribution in [1.29, 1.82) is 0 Å². The van der Waals surface area contributed by atoms with Crippen LogP contribution in [0.2, 0.25) is 0 Å². The zero-order chi connectivity index (χ0) is 14.5. The third-order valence-corrected chi connectivity index (χ3v) is 2.54. The van der Waals surface area contributed by atoms with Crippen molar-refractivity contribution in [2.45, 2.75) is 13.5 Å². The first-order valence-corrected chi connectivity index (χ1v) is 6.01. The molecule has 1 aromatic heterocycles. The molecule has 0 unspecified atom stereocenters. The fraction of sp³-hybridized carbons (Fsp3) is 0.154. The zero-order valence-corrected chi connectivity index (χ0v) is 10.9. The first kappa shape index (κ1) is 13.6. The van der Waals surface area contributed by atoms with E-state index >= 15 is 0 Å². The molecule has 0 aliphatic rings. The van der Waals surface area contributed by atoms with Crippen molar-refractivity contribution in [3.8, 4) is 0 Å². The van der Waals surface area contributed by atoms with Gasteiger partial charge < -0.3 is 16.4 Å². The lowest BCUT2D eigenvalue weighted by Gasteiger charge is -2.11. The highest BCUT2D eigenvalue weighted by Crippen LogP contribution is 2.15. The molecule has 7 heteroatoms. The maximum atomic E-state index is 11.8. The molecule has 0 atom stereocenters. The molecule has 0 spiro atoms. The predicted molar refractivity (Wildman–Crippen MR) is 77.3 cm³/mol. The van der Waals surface area contributed by atoms with Crippen LogP contribution >= 0.6 is 0 Å². The quantitative estimate of drug-likeness (QED) is 0.661. The largest absolute Gasteiger partial charge is 0.369 e. The summed E-state index contributed by atoms with van der Waals surface area (Å²) in [7, 11) is 0. The number of benzene rings is 1. The maximum absolute atomic E-state index is 11.8. The Kier molecular flexibility index (Phi) is 3.99. The Balaban J connectivity index is 2.25. The minimum atomic E-state index is -0.497. The first-order chi connectivity index (χ1) is 9.56. The van der Waals surface area contributed by atoms with Crippen LogP contribution in [0.4, 0.5) is 17.5 Å². The maximum Gasteiger partial charge on any atom is 0.278 e. The van der Waals surface area contributed by atoms with Gasteiger partial charge in [-0.1, -0.05) is 30.3 Å². The monoisotopic (exact) mass is 273 g/mol. The van der Waals surface area contributed by atoms with E-state index < -0.39 is 5.56 Å². The van der Waals surface area contributed by atoms with Gasteiger partial charge in [-0.25, -0.2) is 0 Å². The number of anilines is 3. The van der Waals surface area contributed by atoms with E-state index in [0.29, 0.717) is 6.54 Å². The van der Waals surface area contributed by atoms with Crippen LogP contribution in [0.5, 0.6) is 0 Å². The number of H-pyrrole nitrogens is 1. The van der Waals surface area contributed by atoms with Gasteiger partial charge in [0.25, 0.3) is 5.56 Å². The molecule has 0 fully saturated rings. The highest BCUT2D eigenvalue weighted by Gasteiger charge is 2.11. The normalized spacial score (nSPS) is 10.1. The van der Waals surface area contributed by atoms with Gasteiger partial charge in [0.05, 0.1) is 0 Å². The molecule has 2 aromatic rings. The number of aromatic nitrogens is 2. The van der Waals surface area contributed by atoms with Gasteiger partial charge in [0.1, 0.15) is 5.69 Å². The van der Waals surface area contributed by atoms with Gasteiger partial charge in [-0.3, -0.25) is 14.6 Å². The number of nitrogen functional groups attached to an aromatic ring is 1. The van der Waals surface area contributed by atoms with Crippen molar-refractivity contribution in [3.63, 3.8) is 0 Å². The van der Waals surface area contributed by atoms with Crippen LogP contribution < -0.4 is 21.9 Å². The lowest BCUT2D eigenvalue weighted by atomic mass is 10.2. The topological polar surface area (TPSA) is 113 Å². The Morgan fingerprint density at radius 3 is 2.70 bits per heavy atom. The standard InChI is InChI=1S/C13H15N5O2/c1-8(19)16-10-11(17-13(14)18-12(10)20)15-7-9-5-3-2-4-6-9/h2-6H,7H2,1H3,(H,16,19)(H4,14,15,17,18,20). The summed E-state index contributed by atoms with van der Waals surface area (Å²) >= 11 is 0. The van der Waals surface area contributed by atoms with E-state index in [-0.39, 0.29) is 23.4 Å². The van der Waals surface area contributed by atoms with Gasteiger partial charge in [-0.15, -0.1) is 0 Å². The lowest BCUT2D eigenvalue weighted by molar-refractivity contribution is -0.114. The minimum Gasteiger partial charge on any atom is -0.369 e. The van der Waals surface area contributed by atoms with Crippen molar-refractivity contribution in [1.82, 2.24) is 9.97 Å². The average Bonchev–Trinajstić information content (AvgIpc) is 2.40. The van der Waals surface area contributed by atoms with Gasteiger partial charge in [-0.05, 0) is 5.56 Å². The van der Waals surface area contributed by atoms with Crippen LogP contribution in [-0.2, 0) is 11.3 Å². The summed E-state index contributed by atoms with van der Waals surface area (Å²) in [5, 5.41) is 5.43. The Hall–Kier alpha value is -2.83. The van der Waals surface area contributed by atoms with E-state index in [2.05, 4.69) is 20.6 Å². The first-order valence-electron chi connectivity index (χ1n) is 6.01. The molecule has 5 N–H and O–H groups in total. The van der Waals surface area contributed by atoms with Crippen molar-refractivity contribution in [2.24, 2.45) is 0 Å². The summed E-state index contributed by atoms with van der Waals surface area (Å²) in [6.45, 7) is 1.78. The Morgan fingerprint density at radius 2 is 2.05 bits per heavy atom. The van der Waals surface area contributed by atoms with Crippen molar-refractivity contribution in [2.75, 3.05) is 16.4 Å². The molecule has 104 valence electrons. The number of hydrogen-bond donors (Lipinski definition) is 4. The van der Waals surface area contributed by atoms with E-state index in [1.54, 1.807) is 0 Å². The second kappa shape index (κ2) is 5.87. The average molecular weight is 273 g/mol. The molecule has 0 saturated carbocycles. The van der Waals surface area contributed by atoms with Gasteiger partial charge in [-0.2, -0.15) is 4.98 Å². The molecular weight excluding hydrogens is 258 g/mol. The third kappa shape index (κ3) is 3.35. The Bertz CT molecular complexity index is 666. The van der Waals surface area contributed by atoms with Gasteiger partial charge in [0, 0.05) is 13.5 Å². The number of aromatic amines is 1. The molecule has 20 heavy (non-hydrogen) atoms. The van der Waals surface area contributed by atoms with Crippen LogP contribution in [0.3, 0.4) is 0 Å². The molecule has 0 bridgehead atoms. The Morgan fingerprint density at radius 1 is 1.35 bits per heavy atom. The summed E-state index contributed by atoms with van der Waals surface area (Å²) in [6, 6.07) is 9.59. The molecule has 0 radical (unpaired) electrons. The Labute approximate surface area is 115 Å². The smallest absolute Gasteiger partial charge is 0.278 e. The number of carbonyl (C=O) groups excluding carboxylic acids is 1. The van der Waals surface area contributed by atoms with Crippen LogP contribution in [0.25, 0.3) is 0 Å². The number of nitrogens with zero attached hydrogens (tertiary/aromatic N) is 1.